The third-order valence-corrected chi connectivity index (χ3v) is 4.61. The summed E-state index contributed by atoms with van der Waals surface area (Å²) in [5.74, 6) is -1.39. The number of rotatable bonds is 8. The Bertz CT molecular complexity index is 1070. The second-order valence-corrected chi connectivity index (χ2v) is 7.04. The molecule has 1 fully saturated rings. The quantitative estimate of drug-likeness (QED) is 0.332. The van der Waals surface area contributed by atoms with Gasteiger partial charge < -0.3 is 29.4 Å². The summed E-state index contributed by atoms with van der Waals surface area (Å²) in [6.45, 7) is 5.65. The predicted octanol–water partition coefficient (Wildman–Crippen LogP) is 0.740. The molecule has 2 N–H and O–H groups in total. The molecule has 0 spiro atoms. The average molecular weight is 463 g/mol. The fourth-order valence-corrected chi connectivity index (χ4v) is 3.42. The molecule has 0 aliphatic carbocycles. The lowest BCUT2D eigenvalue weighted by atomic mass is 10.1. The first kappa shape index (κ1) is 23.9. The second kappa shape index (κ2) is 10.3. The number of aromatic nitrogens is 4. The van der Waals surface area contributed by atoms with E-state index >= 15 is 0 Å². The number of carbonyl (C=O) groups is 3. The Morgan fingerprint density at radius 3 is 2.45 bits per heavy atom. The van der Waals surface area contributed by atoms with Gasteiger partial charge in [-0.15, -0.1) is 0 Å². The van der Waals surface area contributed by atoms with Gasteiger partial charge in [0.15, 0.2) is 35.4 Å². The zero-order chi connectivity index (χ0) is 24.1. The van der Waals surface area contributed by atoms with Crippen molar-refractivity contribution in [3.63, 3.8) is 0 Å². The average Bonchev–Trinajstić information content (AvgIpc) is 3.25. The van der Waals surface area contributed by atoms with Crippen LogP contribution in [0.4, 0.5) is 5.82 Å². The topological polar surface area (TPSA) is 167 Å². The molecule has 0 radical (unpaired) electrons. The fraction of sp³-hybridized carbons (Fsp3) is 0.500. The summed E-state index contributed by atoms with van der Waals surface area (Å²) in [6.07, 6.45) is 0.0558. The van der Waals surface area contributed by atoms with E-state index in [-0.39, 0.29) is 23.6 Å². The molecule has 1 saturated heterocycles. The highest BCUT2D eigenvalue weighted by Crippen LogP contribution is 2.37. The number of imidazole rings is 1. The molecule has 2 unspecified atom stereocenters. The summed E-state index contributed by atoms with van der Waals surface area (Å²) < 4.78 is 28.9. The minimum atomic E-state index is -1.11. The van der Waals surface area contributed by atoms with Crippen LogP contribution in [-0.4, -0.2) is 69.0 Å². The first-order valence-electron chi connectivity index (χ1n) is 10.1. The summed E-state index contributed by atoms with van der Waals surface area (Å²) >= 11 is 0. The minimum Gasteiger partial charge on any atom is -0.501 e. The van der Waals surface area contributed by atoms with Gasteiger partial charge in [0.05, 0.1) is 12.9 Å². The molecule has 0 bridgehead atoms. The number of hydrogen-bond donors (Lipinski definition) is 1. The number of nitrogens with two attached hydrogens (primary N) is 1. The zero-order valence-electron chi connectivity index (χ0n) is 18.6. The molecule has 3 heterocycles. The maximum Gasteiger partial charge on any atom is 0.303 e. The van der Waals surface area contributed by atoms with E-state index in [4.69, 9.17) is 29.4 Å². The maximum atomic E-state index is 11.9. The van der Waals surface area contributed by atoms with E-state index in [1.54, 1.807) is 6.08 Å². The van der Waals surface area contributed by atoms with Crippen molar-refractivity contribution in [2.75, 3.05) is 18.9 Å². The maximum absolute atomic E-state index is 11.9. The van der Waals surface area contributed by atoms with Crippen LogP contribution < -0.4 is 5.73 Å². The van der Waals surface area contributed by atoms with Crippen LogP contribution in [-0.2, 0) is 38.1 Å². The van der Waals surface area contributed by atoms with Crippen LogP contribution in [0.15, 0.2) is 12.6 Å². The molecule has 13 heteroatoms. The molecule has 0 aromatic carbocycles. The number of anilines is 1. The van der Waals surface area contributed by atoms with Crippen LogP contribution in [0.1, 0.15) is 39.7 Å². The van der Waals surface area contributed by atoms with Crippen molar-refractivity contribution in [1.29, 1.82) is 0 Å². The van der Waals surface area contributed by atoms with Gasteiger partial charge in [-0.1, -0.05) is 0 Å². The molecule has 2 aromatic heterocycles. The largest absolute Gasteiger partial charge is 0.501 e. The Morgan fingerprint density at radius 1 is 1.12 bits per heavy atom. The molecule has 0 amide bonds. The van der Waals surface area contributed by atoms with E-state index in [1.807, 2.05) is 6.92 Å². The predicted molar refractivity (Wildman–Crippen MR) is 112 cm³/mol. The molecule has 0 saturated carbocycles. The summed E-state index contributed by atoms with van der Waals surface area (Å²) in [4.78, 5) is 47.8. The molecule has 1 aliphatic heterocycles. The van der Waals surface area contributed by atoms with E-state index in [0.717, 1.165) is 0 Å². The SMILES string of the molecule is CCOC=Cc1nc2c(N)ncnc2n1[C@@H]1O[C@H](COC(C)=O)C(OC(C)=O)C1OC(C)=O. The third kappa shape index (κ3) is 5.37. The van der Waals surface area contributed by atoms with E-state index in [0.29, 0.717) is 12.4 Å². The number of nitrogen functional groups attached to an aromatic ring is 1. The van der Waals surface area contributed by atoms with Crippen molar-refractivity contribution < 1.29 is 38.1 Å². The lowest BCUT2D eigenvalue weighted by molar-refractivity contribution is -0.166. The van der Waals surface area contributed by atoms with Crippen molar-refractivity contribution in [3.8, 4) is 0 Å². The minimum absolute atomic E-state index is 0.125. The number of ether oxygens (including phenoxy) is 5. The highest BCUT2D eigenvalue weighted by molar-refractivity contribution is 5.83. The van der Waals surface area contributed by atoms with Gasteiger partial charge in [-0.2, -0.15) is 0 Å². The van der Waals surface area contributed by atoms with Crippen LogP contribution in [0.2, 0.25) is 0 Å². The van der Waals surface area contributed by atoms with Gasteiger partial charge in [-0.25, -0.2) is 15.0 Å². The molecule has 3 rings (SSSR count). The van der Waals surface area contributed by atoms with Crippen LogP contribution in [0, 0.1) is 0 Å². The Morgan fingerprint density at radius 2 is 1.82 bits per heavy atom. The molecule has 33 heavy (non-hydrogen) atoms. The fourth-order valence-electron chi connectivity index (χ4n) is 3.42. The van der Waals surface area contributed by atoms with Crippen molar-refractivity contribution in [1.82, 2.24) is 19.5 Å². The van der Waals surface area contributed by atoms with Crippen molar-refractivity contribution >= 4 is 41.0 Å². The van der Waals surface area contributed by atoms with Crippen LogP contribution in [0.25, 0.3) is 17.2 Å². The van der Waals surface area contributed by atoms with Gasteiger partial charge in [-0.05, 0) is 6.92 Å². The standard InChI is InChI=1S/C20H25N5O8/c1-5-29-7-6-14-24-15-18(21)22-9-23-19(15)25(14)20-17(32-12(4)28)16(31-11(3)27)13(33-20)8-30-10(2)26/h6-7,9,13,16-17,20H,5,8H2,1-4H3,(H2,21,22,23)/t13-,16?,17?,20-/m1/s1. The van der Waals surface area contributed by atoms with E-state index in [1.165, 1.54) is 37.9 Å². The monoisotopic (exact) mass is 463 g/mol. The molecule has 178 valence electrons. The number of carbonyl (C=O) groups excluding carboxylic acids is 3. The Balaban J connectivity index is 2.13. The van der Waals surface area contributed by atoms with Crippen LogP contribution in [0.5, 0.6) is 0 Å². The molecule has 4 atom stereocenters. The first-order chi connectivity index (χ1) is 15.7. The number of nitrogens with zero attached hydrogens (tertiary/aromatic N) is 4. The smallest absolute Gasteiger partial charge is 0.303 e. The Hall–Kier alpha value is -3.74. The summed E-state index contributed by atoms with van der Waals surface area (Å²) in [7, 11) is 0. The normalized spacial score (nSPS) is 22.4. The third-order valence-electron chi connectivity index (χ3n) is 4.61. The number of esters is 3. The van der Waals surface area contributed by atoms with Crippen LogP contribution in [0.3, 0.4) is 0 Å². The van der Waals surface area contributed by atoms with Gasteiger partial charge in [0.2, 0.25) is 0 Å². The Kier molecular flexibility index (Phi) is 7.43. The van der Waals surface area contributed by atoms with Crippen molar-refractivity contribution in [3.05, 3.63) is 18.4 Å². The summed E-state index contributed by atoms with van der Waals surface area (Å²) in [5.41, 5.74) is 6.54. The molecule has 1 aliphatic rings. The number of fused-ring (bicyclic) bond motifs is 1. The summed E-state index contributed by atoms with van der Waals surface area (Å²) in [5, 5.41) is 0. The van der Waals surface area contributed by atoms with Gasteiger partial charge in [0.25, 0.3) is 0 Å². The molecular formula is C20H25N5O8. The zero-order valence-corrected chi connectivity index (χ0v) is 18.6. The first-order valence-corrected chi connectivity index (χ1v) is 10.1. The van der Waals surface area contributed by atoms with E-state index in [2.05, 4.69) is 15.0 Å². The van der Waals surface area contributed by atoms with E-state index < -0.39 is 42.4 Å². The van der Waals surface area contributed by atoms with E-state index in [9.17, 15) is 14.4 Å². The van der Waals surface area contributed by atoms with Gasteiger partial charge in [0.1, 0.15) is 24.9 Å². The molecule has 2 aromatic rings. The van der Waals surface area contributed by atoms with Crippen molar-refractivity contribution in [2.45, 2.75) is 52.2 Å². The summed E-state index contributed by atoms with van der Waals surface area (Å²) in [6, 6.07) is 0. The molecule has 13 nitrogen and oxygen atoms in total. The van der Waals surface area contributed by atoms with Gasteiger partial charge >= 0.3 is 17.9 Å². The lowest BCUT2D eigenvalue weighted by Crippen LogP contribution is -2.40. The van der Waals surface area contributed by atoms with Gasteiger partial charge in [0, 0.05) is 26.8 Å². The Labute approximate surface area is 188 Å². The highest BCUT2D eigenvalue weighted by atomic mass is 16.7. The highest BCUT2D eigenvalue weighted by Gasteiger charge is 2.51. The number of hydrogen-bond acceptors (Lipinski definition) is 12. The van der Waals surface area contributed by atoms with Crippen LogP contribution >= 0.6 is 0 Å². The van der Waals surface area contributed by atoms with Crippen molar-refractivity contribution in [2.24, 2.45) is 0 Å². The molecular weight excluding hydrogens is 438 g/mol. The second-order valence-electron chi connectivity index (χ2n) is 7.04. The lowest BCUT2D eigenvalue weighted by Gasteiger charge is -2.24. The van der Waals surface area contributed by atoms with Gasteiger partial charge in [-0.3, -0.25) is 19.0 Å².